The van der Waals surface area contributed by atoms with Gasteiger partial charge in [0.1, 0.15) is 5.69 Å². The van der Waals surface area contributed by atoms with Crippen LogP contribution in [-0.4, -0.2) is 22.2 Å². The average Bonchev–Trinajstić information content (AvgIpc) is 2.72. The molecule has 3 rings (SSSR count). The summed E-state index contributed by atoms with van der Waals surface area (Å²) in [5.41, 5.74) is 1.48. The van der Waals surface area contributed by atoms with E-state index in [2.05, 4.69) is 10.5 Å². The van der Waals surface area contributed by atoms with E-state index in [0.717, 1.165) is 12.1 Å². The number of nitrogens with one attached hydrogen (secondary N) is 1. The minimum absolute atomic E-state index is 0.0613. The van der Waals surface area contributed by atoms with E-state index in [1.54, 1.807) is 24.3 Å². The van der Waals surface area contributed by atoms with E-state index in [0.29, 0.717) is 23.3 Å². The zero-order valence-electron chi connectivity index (χ0n) is 15.9. The molecule has 1 aromatic heterocycles. The molecule has 0 amide bonds. The van der Waals surface area contributed by atoms with E-state index in [-0.39, 0.29) is 17.0 Å². The summed E-state index contributed by atoms with van der Waals surface area (Å²) in [6.07, 6.45) is 0. The number of nitrogens with zero attached hydrogens (tertiary/aromatic N) is 3. The van der Waals surface area contributed by atoms with Crippen LogP contribution in [0.5, 0.6) is 5.75 Å². The summed E-state index contributed by atoms with van der Waals surface area (Å²) in [5.74, 6) is 0.438. The topological polar surface area (TPSA) is 150 Å². The van der Waals surface area contributed by atoms with E-state index in [4.69, 9.17) is 9.15 Å². The number of hydrogen-bond acceptors (Lipinski definition) is 9. The first-order valence-corrected chi connectivity index (χ1v) is 8.75. The highest BCUT2D eigenvalue weighted by atomic mass is 16.6. The van der Waals surface area contributed by atoms with Crippen molar-refractivity contribution >= 4 is 33.7 Å². The van der Waals surface area contributed by atoms with E-state index in [1.165, 1.54) is 13.0 Å². The van der Waals surface area contributed by atoms with E-state index in [1.807, 2.05) is 6.92 Å². The number of ether oxygens (including phenoxy) is 1. The molecule has 11 nitrogen and oxygen atoms in total. The molecule has 0 aliphatic carbocycles. The number of hydrogen-bond donors (Lipinski definition) is 1. The standard InChI is InChI=1S/C19H16N4O7/c1-3-29-17-6-4-5-12-9-14(19(24)30-18(12)17)11(2)20-21-15-8-7-13(22(25)26)10-16(15)23(27)28/h4-10,21H,3H2,1-2H3/b20-11+. The predicted molar refractivity (Wildman–Crippen MR) is 109 cm³/mol. The first kappa shape index (κ1) is 20.5. The van der Waals surface area contributed by atoms with Crippen molar-refractivity contribution in [1.82, 2.24) is 0 Å². The Labute approximate surface area is 168 Å². The lowest BCUT2D eigenvalue weighted by atomic mass is 10.1. The molecule has 0 saturated heterocycles. The SMILES string of the molecule is CCOc1cccc2cc(/C(C)=N/Nc3ccc([N+](=O)[O-])cc3[N+](=O)[O-])c(=O)oc12. The van der Waals surface area contributed by atoms with Gasteiger partial charge >= 0.3 is 11.3 Å². The Morgan fingerprint density at radius 3 is 2.60 bits per heavy atom. The molecule has 0 bridgehead atoms. The zero-order valence-corrected chi connectivity index (χ0v) is 15.9. The average molecular weight is 412 g/mol. The van der Waals surface area contributed by atoms with Gasteiger partial charge in [0.15, 0.2) is 11.3 Å². The molecule has 0 atom stereocenters. The number of rotatable bonds is 7. The number of fused-ring (bicyclic) bond motifs is 1. The fourth-order valence-electron chi connectivity index (χ4n) is 2.72. The third-order valence-corrected chi connectivity index (χ3v) is 4.15. The molecule has 0 unspecified atom stereocenters. The molecule has 0 aliphatic rings. The zero-order chi connectivity index (χ0) is 21.8. The first-order valence-electron chi connectivity index (χ1n) is 8.75. The van der Waals surface area contributed by atoms with Crippen molar-refractivity contribution in [2.75, 3.05) is 12.0 Å². The number of hydrazone groups is 1. The van der Waals surface area contributed by atoms with Crippen molar-refractivity contribution in [3.8, 4) is 5.75 Å². The molecule has 1 heterocycles. The van der Waals surface area contributed by atoms with Gasteiger partial charge in [-0.15, -0.1) is 0 Å². The van der Waals surface area contributed by atoms with Crippen LogP contribution in [0, 0.1) is 20.2 Å². The van der Waals surface area contributed by atoms with Crippen LogP contribution >= 0.6 is 0 Å². The largest absolute Gasteiger partial charge is 0.490 e. The maximum Gasteiger partial charge on any atom is 0.345 e. The minimum atomic E-state index is -0.764. The van der Waals surface area contributed by atoms with Gasteiger partial charge in [-0.05, 0) is 32.0 Å². The summed E-state index contributed by atoms with van der Waals surface area (Å²) in [7, 11) is 0. The highest BCUT2D eigenvalue weighted by Crippen LogP contribution is 2.29. The quantitative estimate of drug-likeness (QED) is 0.266. The Bertz CT molecular complexity index is 1230. The molecule has 0 fully saturated rings. The van der Waals surface area contributed by atoms with E-state index in [9.17, 15) is 25.0 Å². The van der Waals surface area contributed by atoms with Crippen LogP contribution < -0.4 is 15.8 Å². The highest BCUT2D eigenvalue weighted by Gasteiger charge is 2.19. The monoisotopic (exact) mass is 412 g/mol. The van der Waals surface area contributed by atoms with Gasteiger partial charge in [0.05, 0.1) is 33.8 Å². The molecule has 154 valence electrons. The predicted octanol–water partition coefficient (Wildman–Crippen LogP) is 3.84. The Hall–Kier alpha value is -4.28. The van der Waals surface area contributed by atoms with Gasteiger partial charge in [0.25, 0.3) is 5.69 Å². The molecule has 30 heavy (non-hydrogen) atoms. The van der Waals surface area contributed by atoms with Crippen molar-refractivity contribution < 1.29 is 19.0 Å². The molecule has 0 spiro atoms. The summed E-state index contributed by atoms with van der Waals surface area (Å²) in [6.45, 7) is 3.74. The van der Waals surface area contributed by atoms with E-state index < -0.39 is 26.8 Å². The third kappa shape index (κ3) is 4.09. The van der Waals surface area contributed by atoms with Crippen molar-refractivity contribution in [2.24, 2.45) is 5.10 Å². The number of nitro benzene ring substituents is 2. The third-order valence-electron chi connectivity index (χ3n) is 4.15. The van der Waals surface area contributed by atoms with Crippen molar-refractivity contribution in [3.05, 3.63) is 78.7 Å². The highest BCUT2D eigenvalue weighted by molar-refractivity contribution is 6.01. The summed E-state index contributed by atoms with van der Waals surface area (Å²) in [5, 5.41) is 26.7. The van der Waals surface area contributed by atoms with Gasteiger partial charge in [-0.25, -0.2) is 4.79 Å². The summed E-state index contributed by atoms with van der Waals surface area (Å²) < 4.78 is 10.8. The first-order chi connectivity index (χ1) is 14.3. The van der Waals surface area contributed by atoms with Gasteiger partial charge in [-0.2, -0.15) is 5.10 Å². The van der Waals surface area contributed by atoms with Gasteiger partial charge in [0, 0.05) is 11.5 Å². The van der Waals surface area contributed by atoms with Gasteiger partial charge in [-0.1, -0.05) is 12.1 Å². The lowest BCUT2D eigenvalue weighted by molar-refractivity contribution is -0.393. The number of benzene rings is 2. The fourth-order valence-corrected chi connectivity index (χ4v) is 2.72. The van der Waals surface area contributed by atoms with Crippen LogP contribution in [0.2, 0.25) is 0 Å². The second-order valence-corrected chi connectivity index (χ2v) is 6.08. The van der Waals surface area contributed by atoms with Crippen LogP contribution in [0.4, 0.5) is 17.1 Å². The second kappa shape index (κ2) is 8.39. The Morgan fingerprint density at radius 2 is 1.93 bits per heavy atom. The van der Waals surface area contributed by atoms with Crippen LogP contribution in [-0.2, 0) is 0 Å². The van der Waals surface area contributed by atoms with Crippen molar-refractivity contribution in [2.45, 2.75) is 13.8 Å². The summed E-state index contributed by atoms with van der Waals surface area (Å²) in [4.78, 5) is 33.0. The number of anilines is 1. The van der Waals surface area contributed by atoms with Crippen molar-refractivity contribution in [3.63, 3.8) is 0 Å². The Morgan fingerprint density at radius 1 is 1.17 bits per heavy atom. The van der Waals surface area contributed by atoms with Crippen LogP contribution in [0.15, 0.2) is 56.8 Å². The van der Waals surface area contributed by atoms with Gasteiger partial charge < -0.3 is 9.15 Å². The Kier molecular flexibility index (Phi) is 5.72. The van der Waals surface area contributed by atoms with E-state index >= 15 is 0 Å². The van der Waals surface area contributed by atoms with Gasteiger partial charge in [-0.3, -0.25) is 25.7 Å². The summed E-state index contributed by atoms with van der Waals surface area (Å²) in [6, 6.07) is 9.87. The van der Waals surface area contributed by atoms with Gasteiger partial charge in [0.2, 0.25) is 0 Å². The molecule has 2 aromatic carbocycles. The maximum atomic E-state index is 12.4. The number of para-hydroxylation sites is 1. The van der Waals surface area contributed by atoms with Crippen LogP contribution in [0.25, 0.3) is 11.0 Å². The number of non-ortho nitro benzene ring substituents is 1. The normalized spacial score (nSPS) is 11.3. The molecule has 0 saturated carbocycles. The number of nitro groups is 2. The molecule has 0 aliphatic heterocycles. The Balaban J connectivity index is 1.97. The molecule has 0 radical (unpaired) electrons. The molecule has 1 N–H and O–H groups in total. The fraction of sp³-hybridized carbons (Fsp3) is 0.158. The van der Waals surface area contributed by atoms with Crippen LogP contribution in [0.1, 0.15) is 19.4 Å². The molecular weight excluding hydrogens is 396 g/mol. The van der Waals surface area contributed by atoms with Crippen LogP contribution in [0.3, 0.4) is 0 Å². The second-order valence-electron chi connectivity index (χ2n) is 6.08. The smallest absolute Gasteiger partial charge is 0.345 e. The van der Waals surface area contributed by atoms with Crippen molar-refractivity contribution in [1.29, 1.82) is 0 Å². The molecule has 11 heteroatoms. The molecular formula is C19H16N4O7. The molecule has 3 aromatic rings. The minimum Gasteiger partial charge on any atom is -0.490 e. The maximum absolute atomic E-state index is 12.4. The summed E-state index contributed by atoms with van der Waals surface area (Å²) >= 11 is 0. The lowest BCUT2D eigenvalue weighted by Crippen LogP contribution is -2.13. The lowest BCUT2D eigenvalue weighted by Gasteiger charge is -2.08.